The second-order valence-corrected chi connectivity index (χ2v) is 5.82. The molecule has 1 amide bonds. The summed E-state index contributed by atoms with van der Waals surface area (Å²) in [5, 5.41) is 3.27. The van der Waals surface area contributed by atoms with Gasteiger partial charge in [-0.25, -0.2) is 0 Å². The van der Waals surface area contributed by atoms with E-state index >= 15 is 0 Å². The molecule has 3 rings (SSSR count). The topological polar surface area (TPSA) is 50.8 Å². The van der Waals surface area contributed by atoms with Gasteiger partial charge in [0, 0.05) is 45.0 Å². The van der Waals surface area contributed by atoms with Crippen molar-refractivity contribution in [2.45, 2.75) is 25.6 Å². The first kappa shape index (κ1) is 15.5. The smallest absolute Gasteiger partial charge is 0.254 e. The second kappa shape index (κ2) is 7.72. The average molecular weight is 304 g/mol. The standard InChI is InChI=1S/C17H24N2O3/c20-17(19-9-7-18-8-10-19)16-4-2-1-3-14(16)13-22-15-5-11-21-12-6-15/h1-4,15,18H,5-13H2. The van der Waals surface area contributed by atoms with Crippen LogP contribution in [0.2, 0.25) is 0 Å². The van der Waals surface area contributed by atoms with Gasteiger partial charge in [0.25, 0.3) is 5.91 Å². The first-order valence-electron chi connectivity index (χ1n) is 8.12. The summed E-state index contributed by atoms with van der Waals surface area (Å²) in [5.74, 6) is 0.118. The highest BCUT2D eigenvalue weighted by Gasteiger charge is 2.21. The quantitative estimate of drug-likeness (QED) is 0.914. The number of benzene rings is 1. The van der Waals surface area contributed by atoms with Crippen LogP contribution in [0.25, 0.3) is 0 Å². The Morgan fingerprint density at radius 1 is 1.23 bits per heavy atom. The number of nitrogens with one attached hydrogen (secondary N) is 1. The molecule has 2 saturated heterocycles. The lowest BCUT2D eigenvalue weighted by atomic mass is 10.1. The van der Waals surface area contributed by atoms with E-state index < -0.39 is 0 Å². The zero-order chi connectivity index (χ0) is 15.2. The molecule has 0 saturated carbocycles. The van der Waals surface area contributed by atoms with Crippen LogP contribution in [0.4, 0.5) is 0 Å². The number of amides is 1. The molecule has 5 heteroatoms. The van der Waals surface area contributed by atoms with Crippen LogP contribution < -0.4 is 5.32 Å². The Morgan fingerprint density at radius 3 is 2.73 bits per heavy atom. The average Bonchev–Trinajstić information content (AvgIpc) is 2.61. The molecule has 2 fully saturated rings. The Bertz CT molecular complexity index is 494. The summed E-state index contributed by atoms with van der Waals surface area (Å²) in [6, 6.07) is 7.80. The van der Waals surface area contributed by atoms with E-state index in [1.54, 1.807) is 0 Å². The van der Waals surface area contributed by atoms with E-state index in [1.165, 1.54) is 0 Å². The van der Waals surface area contributed by atoms with Crippen LogP contribution >= 0.6 is 0 Å². The number of nitrogens with zero attached hydrogens (tertiary/aromatic N) is 1. The number of carbonyl (C=O) groups is 1. The van der Waals surface area contributed by atoms with Gasteiger partial charge in [0.1, 0.15) is 0 Å². The van der Waals surface area contributed by atoms with Crippen molar-refractivity contribution in [3.05, 3.63) is 35.4 Å². The van der Waals surface area contributed by atoms with Gasteiger partial charge in [-0.05, 0) is 24.5 Å². The van der Waals surface area contributed by atoms with Gasteiger partial charge in [-0.15, -0.1) is 0 Å². The largest absolute Gasteiger partial charge is 0.381 e. The van der Waals surface area contributed by atoms with E-state index in [0.29, 0.717) is 6.61 Å². The van der Waals surface area contributed by atoms with Crippen LogP contribution in [0, 0.1) is 0 Å². The van der Waals surface area contributed by atoms with E-state index in [2.05, 4.69) is 5.32 Å². The Balaban J connectivity index is 1.64. The molecular weight excluding hydrogens is 280 g/mol. The Morgan fingerprint density at radius 2 is 1.95 bits per heavy atom. The van der Waals surface area contributed by atoms with Crippen molar-refractivity contribution in [3.8, 4) is 0 Å². The molecular formula is C17H24N2O3. The van der Waals surface area contributed by atoms with E-state index in [9.17, 15) is 4.79 Å². The lowest BCUT2D eigenvalue weighted by Crippen LogP contribution is -2.46. The maximum atomic E-state index is 12.7. The van der Waals surface area contributed by atoms with Crippen LogP contribution in [-0.2, 0) is 16.1 Å². The van der Waals surface area contributed by atoms with Crippen molar-refractivity contribution in [3.63, 3.8) is 0 Å². The third-order valence-electron chi connectivity index (χ3n) is 4.29. The minimum atomic E-state index is 0.118. The number of carbonyl (C=O) groups excluding carboxylic acids is 1. The van der Waals surface area contributed by atoms with E-state index in [-0.39, 0.29) is 12.0 Å². The summed E-state index contributed by atoms with van der Waals surface area (Å²) in [4.78, 5) is 14.6. The molecule has 0 bridgehead atoms. The Kier molecular flexibility index (Phi) is 5.43. The van der Waals surface area contributed by atoms with Crippen molar-refractivity contribution < 1.29 is 14.3 Å². The predicted octanol–water partition coefficient (Wildman–Crippen LogP) is 1.43. The number of hydrogen-bond donors (Lipinski definition) is 1. The van der Waals surface area contributed by atoms with Crippen LogP contribution in [0.5, 0.6) is 0 Å². The number of hydrogen-bond acceptors (Lipinski definition) is 4. The molecule has 0 radical (unpaired) electrons. The minimum Gasteiger partial charge on any atom is -0.381 e. The summed E-state index contributed by atoms with van der Waals surface area (Å²) >= 11 is 0. The van der Waals surface area contributed by atoms with Crippen LogP contribution in [0.1, 0.15) is 28.8 Å². The van der Waals surface area contributed by atoms with Gasteiger partial charge in [-0.3, -0.25) is 4.79 Å². The van der Waals surface area contributed by atoms with Crippen molar-refractivity contribution in [1.82, 2.24) is 10.2 Å². The summed E-state index contributed by atoms with van der Waals surface area (Å²) < 4.78 is 11.3. The zero-order valence-corrected chi connectivity index (χ0v) is 12.9. The fraction of sp³-hybridized carbons (Fsp3) is 0.588. The van der Waals surface area contributed by atoms with Crippen molar-refractivity contribution >= 4 is 5.91 Å². The molecule has 2 heterocycles. The lowest BCUT2D eigenvalue weighted by molar-refractivity contribution is -0.0392. The summed E-state index contributed by atoms with van der Waals surface area (Å²) in [7, 11) is 0. The monoisotopic (exact) mass is 304 g/mol. The van der Waals surface area contributed by atoms with Crippen molar-refractivity contribution in [2.24, 2.45) is 0 Å². The molecule has 1 N–H and O–H groups in total. The van der Waals surface area contributed by atoms with Gasteiger partial charge in [0.15, 0.2) is 0 Å². The molecule has 1 aromatic rings. The highest BCUT2D eigenvalue weighted by molar-refractivity contribution is 5.95. The SMILES string of the molecule is O=C(c1ccccc1COC1CCOCC1)N1CCNCC1. The fourth-order valence-electron chi connectivity index (χ4n) is 2.94. The molecule has 0 atom stereocenters. The highest BCUT2D eigenvalue weighted by atomic mass is 16.5. The fourth-order valence-corrected chi connectivity index (χ4v) is 2.94. The van der Waals surface area contributed by atoms with E-state index in [1.807, 2.05) is 29.2 Å². The summed E-state index contributed by atoms with van der Waals surface area (Å²) in [6.07, 6.45) is 2.12. The van der Waals surface area contributed by atoms with Gasteiger partial charge < -0.3 is 19.7 Å². The van der Waals surface area contributed by atoms with Gasteiger partial charge in [0.2, 0.25) is 0 Å². The van der Waals surface area contributed by atoms with Crippen molar-refractivity contribution in [2.75, 3.05) is 39.4 Å². The van der Waals surface area contributed by atoms with Crippen molar-refractivity contribution in [1.29, 1.82) is 0 Å². The van der Waals surface area contributed by atoms with Crippen LogP contribution in [0.3, 0.4) is 0 Å². The Hall–Kier alpha value is -1.43. The first-order valence-corrected chi connectivity index (χ1v) is 8.12. The van der Waals surface area contributed by atoms with Crippen LogP contribution in [0.15, 0.2) is 24.3 Å². The molecule has 0 unspecified atom stereocenters. The molecule has 2 aliphatic heterocycles. The lowest BCUT2D eigenvalue weighted by Gasteiger charge is -2.28. The number of ether oxygens (including phenoxy) is 2. The highest BCUT2D eigenvalue weighted by Crippen LogP contribution is 2.17. The maximum Gasteiger partial charge on any atom is 0.254 e. The third kappa shape index (κ3) is 3.85. The molecule has 0 aromatic heterocycles. The minimum absolute atomic E-state index is 0.118. The molecule has 0 spiro atoms. The molecule has 5 nitrogen and oxygen atoms in total. The van der Waals surface area contributed by atoms with Gasteiger partial charge >= 0.3 is 0 Å². The molecule has 0 aliphatic carbocycles. The maximum absolute atomic E-state index is 12.7. The Labute approximate surface area is 131 Å². The second-order valence-electron chi connectivity index (χ2n) is 5.82. The van der Waals surface area contributed by atoms with Gasteiger partial charge in [0.05, 0.1) is 12.7 Å². The molecule has 1 aromatic carbocycles. The summed E-state index contributed by atoms with van der Waals surface area (Å²) in [5.41, 5.74) is 1.76. The third-order valence-corrected chi connectivity index (χ3v) is 4.29. The van der Waals surface area contributed by atoms with E-state index in [4.69, 9.17) is 9.47 Å². The molecule has 22 heavy (non-hydrogen) atoms. The first-order chi connectivity index (χ1) is 10.8. The predicted molar refractivity (Wildman–Crippen MR) is 83.8 cm³/mol. The molecule has 2 aliphatic rings. The zero-order valence-electron chi connectivity index (χ0n) is 12.9. The van der Waals surface area contributed by atoms with Gasteiger partial charge in [-0.2, -0.15) is 0 Å². The molecule has 120 valence electrons. The summed E-state index contributed by atoms with van der Waals surface area (Å²) in [6.45, 7) is 5.32. The van der Waals surface area contributed by atoms with Crippen LogP contribution in [-0.4, -0.2) is 56.3 Å². The number of rotatable bonds is 4. The van der Waals surface area contributed by atoms with E-state index in [0.717, 1.165) is 63.4 Å². The normalized spacial score (nSPS) is 20.1. The number of piperazine rings is 1. The van der Waals surface area contributed by atoms with Gasteiger partial charge in [-0.1, -0.05) is 18.2 Å².